The third-order valence-corrected chi connectivity index (χ3v) is 2.85. The molecule has 0 unspecified atom stereocenters. The molecule has 0 bridgehead atoms. The van der Waals surface area contributed by atoms with Gasteiger partial charge in [-0.05, 0) is 12.8 Å². The first kappa shape index (κ1) is 9.24. The first-order valence-electron chi connectivity index (χ1n) is 4.98. The summed E-state index contributed by atoms with van der Waals surface area (Å²) in [5.74, 6) is 1.43. The molecule has 0 saturated heterocycles. The number of nitrogens with zero attached hydrogens (tertiary/aromatic N) is 3. The monoisotopic (exact) mass is 193 g/mol. The summed E-state index contributed by atoms with van der Waals surface area (Å²) in [6.45, 7) is 4.11. The van der Waals surface area contributed by atoms with E-state index in [-0.39, 0.29) is 5.69 Å². The Morgan fingerprint density at radius 2 is 2.36 bits per heavy atom. The Labute approximate surface area is 82.9 Å². The minimum Gasteiger partial charge on any atom is -0.282 e. The molecule has 0 amide bonds. The molecule has 14 heavy (non-hydrogen) atoms. The summed E-state index contributed by atoms with van der Waals surface area (Å²) in [6.07, 6.45) is 5.28. The second-order valence-corrected chi connectivity index (χ2v) is 3.80. The van der Waals surface area contributed by atoms with Crippen molar-refractivity contribution < 1.29 is 0 Å². The summed E-state index contributed by atoms with van der Waals surface area (Å²) < 4.78 is 3.13. The van der Waals surface area contributed by atoms with Gasteiger partial charge in [0.05, 0.1) is 6.54 Å². The molecule has 1 saturated carbocycles. The molecule has 1 fully saturated rings. The van der Waals surface area contributed by atoms with Crippen LogP contribution in [-0.2, 0) is 13.6 Å². The number of hydrogen-bond acceptors (Lipinski definition) is 2. The van der Waals surface area contributed by atoms with Crippen LogP contribution < -0.4 is 5.69 Å². The van der Waals surface area contributed by atoms with Crippen LogP contribution in [-0.4, -0.2) is 14.3 Å². The molecule has 0 spiro atoms. The van der Waals surface area contributed by atoms with E-state index in [9.17, 15) is 4.79 Å². The zero-order chi connectivity index (χ0) is 10.1. The van der Waals surface area contributed by atoms with Gasteiger partial charge in [-0.2, -0.15) is 5.10 Å². The Morgan fingerprint density at radius 1 is 1.64 bits per heavy atom. The second-order valence-electron chi connectivity index (χ2n) is 3.80. The van der Waals surface area contributed by atoms with Crippen LogP contribution in [0.15, 0.2) is 17.4 Å². The van der Waals surface area contributed by atoms with Crippen molar-refractivity contribution in [3.05, 3.63) is 29.0 Å². The van der Waals surface area contributed by atoms with Gasteiger partial charge in [0.25, 0.3) is 0 Å². The smallest absolute Gasteiger partial charge is 0.282 e. The van der Waals surface area contributed by atoms with Gasteiger partial charge in [0, 0.05) is 13.0 Å². The third-order valence-electron chi connectivity index (χ3n) is 2.85. The number of rotatable bonds is 3. The molecule has 2 rings (SSSR count). The lowest BCUT2D eigenvalue weighted by atomic mass is 9.85. The van der Waals surface area contributed by atoms with Crippen LogP contribution in [0.2, 0.25) is 0 Å². The van der Waals surface area contributed by atoms with Gasteiger partial charge >= 0.3 is 5.69 Å². The van der Waals surface area contributed by atoms with E-state index in [1.807, 2.05) is 0 Å². The average Bonchev–Trinajstić information content (AvgIpc) is 2.32. The van der Waals surface area contributed by atoms with Crippen molar-refractivity contribution in [1.82, 2.24) is 14.3 Å². The van der Waals surface area contributed by atoms with Crippen LogP contribution in [0.1, 0.15) is 31.0 Å². The van der Waals surface area contributed by atoms with E-state index >= 15 is 0 Å². The second kappa shape index (κ2) is 3.44. The van der Waals surface area contributed by atoms with Crippen LogP contribution in [0.3, 0.4) is 0 Å². The Balaban J connectivity index is 2.36. The molecule has 1 aliphatic carbocycles. The third kappa shape index (κ3) is 1.31. The number of hydrogen-bond donors (Lipinski definition) is 0. The lowest BCUT2D eigenvalue weighted by Gasteiger charge is -2.23. The average molecular weight is 193 g/mol. The Kier molecular flexibility index (Phi) is 2.27. The first-order valence-corrected chi connectivity index (χ1v) is 4.98. The minimum atomic E-state index is -0.0354. The molecule has 0 N–H and O–H groups in total. The fourth-order valence-electron chi connectivity index (χ4n) is 1.77. The van der Waals surface area contributed by atoms with Crippen LogP contribution in [0, 0.1) is 0 Å². The Morgan fingerprint density at radius 3 is 2.86 bits per heavy atom. The lowest BCUT2D eigenvalue weighted by Crippen LogP contribution is -2.23. The van der Waals surface area contributed by atoms with E-state index in [0.29, 0.717) is 12.5 Å². The molecule has 1 aromatic heterocycles. The summed E-state index contributed by atoms with van der Waals surface area (Å²) >= 11 is 0. The van der Waals surface area contributed by atoms with E-state index in [2.05, 4.69) is 11.7 Å². The van der Waals surface area contributed by atoms with Crippen molar-refractivity contribution >= 4 is 0 Å². The van der Waals surface area contributed by atoms with Gasteiger partial charge in [0.15, 0.2) is 0 Å². The van der Waals surface area contributed by atoms with Crippen LogP contribution in [0.25, 0.3) is 0 Å². The van der Waals surface area contributed by atoms with Gasteiger partial charge in [0.2, 0.25) is 0 Å². The van der Waals surface area contributed by atoms with E-state index in [4.69, 9.17) is 0 Å². The van der Waals surface area contributed by atoms with E-state index in [1.54, 1.807) is 17.7 Å². The summed E-state index contributed by atoms with van der Waals surface area (Å²) in [5.41, 5.74) is -0.0354. The van der Waals surface area contributed by atoms with Gasteiger partial charge in [-0.3, -0.25) is 4.57 Å². The normalized spacial score (nSPS) is 16.6. The van der Waals surface area contributed by atoms with Crippen LogP contribution in [0.5, 0.6) is 0 Å². The minimum absolute atomic E-state index is 0.0354. The van der Waals surface area contributed by atoms with Gasteiger partial charge in [0.1, 0.15) is 5.82 Å². The van der Waals surface area contributed by atoms with Crippen molar-refractivity contribution in [2.75, 3.05) is 0 Å². The molecule has 76 valence electrons. The largest absolute Gasteiger partial charge is 0.345 e. The molecule has 0 radical (unpaired) electrons. The zero-order valence-electron chi connectivity index (χ0n) is 8.44. The highest BCUT2D eigenvalue weighted by atomic mass is 16.2. The van der Waals surface area contributed by atoms with Gasteiger partial charge in [-0.25, -0.2) is 9.48 Å². The Bertz CT molecular complexity index is 398. The molecule has 4 nitrogen and oxygen atoms in total. The van der Waals surface area contributed by atoms with Gasteiger partial charge in [-0.1, -0.05) is 12.5 Å². The predicted molar refractivity (Wildman–Crippen MR) is 54.3 cm³/mol. The van der Waals surface area contributed by atoms with E-state index < -0.39 is 0 Å². The number of aromatic nitrogens is 3. The molecule has 0 aromatic carbocycles. The van der Waals surface area contributed by atoms with Crippen molar-refractivity contribution in [3.8, 4) is 0 Å². The van der Waals surface area contributed by atoms with Crippen LogP contribution >= 0.6 is 0 Å². The van der Waals surface area contributed by atoms with Gasteiger partial charge < -0.3 is 0 Å². The molecule has 0 atom stereocenters. The molecule has 1 aliphatic rings. The van der Waals surface area contributed by atoms with Crippen LogP contribution in [0.4, 0.5) is 0 Å². The summed E-state index contributed by atoms with van der Waals surface area (Å²) in [6, 6.07) is 0. The molecule has 0 aliphatic heterocycles. The molecule has 1 aromatic rings. The van der Waals surface area contributed by atoms with E-state index in [0.717, 1.165) is 5.82 Å². The van der Waals surface area contributed by atoms with Crippen molar-refractivity contribution in [3.63, 3.8) is 0 Å². The molecule has 4 heteroatoms. The maximum absolute atomic E-state index is 11.6. The molecule has 1 heterocycles. The Hall–Kier alpha value is -1.32. The topological polar surface area (TPSA) is 39.8 Å². The highest BCUT2D eigenvalue weighted by molar-refractivity contribution is 5.01. The summed E-state index contributed by atoms with van der Waals surface area (Å²) in [7, 11) is 1.79. The molecular formula is C10H15N3O. The van der Waals surface area contributed by atoms with Gasteiger partial charge in [-0.15, -0.1) is 6.58 Å². The SMILES string of the molecule is C=CCn1nc(C2CCC2)n(C)c1=O. The standard InChI is InChI=1S/C10H15N3O/c1-3-7-13-10(14)12(2)9(11-13)8-5-4-6-8/h3,8H,1,4-7H2,2H3. The fourth-order valence-corrected chi connectivity index (χ4v) is 1.77. The lowest BCUT2D eigenvalue weighted by molar-refractivity contribution is 0.390. The summed E-state index contributed by atoms with van der Waals surface area (Å²) in [4.78, 5) is 11.6. The number of allylic oxidation sites excluding steroid dienone is 1. The van der Waals surface area contributed by atoms with Crippen molar-refractivity contribution in [1.29, 1.82) is 0 Å². The quantitative estimate of drug-likeness (QED) is 0.673. The maximum atomic E-state index is 11.6. The zero-order valence-corrected chi connectivity index (χ0v) is 8.44. The first-order chi connectivity index (χ1) is 6.74. The fraction of sp³-hybridized carbons (Fsp3) is 0.600. The summed E-state index contributed by atoms with van der Waals surface area (Å²) in [5, 5.41) is 4.32. The van der Waals surface area contributed by atoms with E-state index in [1.165, 1.54) is 23.9 Å². The highest BCUT2D eigenvalue weighted by Crippen LogP contribution is 2.34. The molecular weight excluding hydrogens is 178 g/mol. The highest BCUT2D eigenvalue weighted by Gasteiger charge is 2.25. The maximum Gasteiger partial charge on any atom is 0.345 e. The van der Waals surface area contributed by atoms with Crippen molar-refractivity contribution in [2.24, 2.45) is 7.05 Å². The van der Waals surface area contributed by atoms with Crippen molar-refractivity contribution in [2.45, 2.75) is 31.7 Å². The predicted octanol–water partition coefficient (Wildman–Crippen LogP) is 1.04.